The molecule has 1 aromatic carbocycles. The first-order valence-electron chi connectivity index (χ1n) is 8.66. The summed E-state index contributed by atoms with van der Waals surface area (Å²) in [7, 11) is 0. The molecule has 0 bridgehead atoms. The Bertz CT molecular complexity index is 1280. The zero-order chi connectivity index (χ0) is 25.5. The SMILES string of the molecule is CSc1nccnc1-c1nc(C(F)(F)C(F)(F)F)c(Oc2ccc(Cl)c(C(F)(F)F)c2)c(=O)[nH]1. The second-order valence-electron chi connectivity index (χ2n) is 6.32. The number of benzene rings is 1. The molecule has 0 aliphatic carbocycles. The molecular formula is C18H9ClF8N4O2S. The minimum absolute atomic E-state index is 0.0353. The average Bonchev–Trinajstić information content (AvgIpc) is 2.74. The van der Waals surface area contributed by atoms with E-state index >= 15 is 0 Å². The number of hydrogen-bond donors (Lipinski definition) is 1. The van der Waals surface area contributed by atoms with Crippen molar-refractivity contribution in [3.8, 4) is 23.0 Å². The monoisotopic (exact) mass is 532 g/mol. The van der Waals surface area contributed by atoms with Crippen LogP contribution in [0.15, 0.2) is 40.4 Å². The second-order valence-corrected chi connectivity index (χ2v) is 7.52. The van der Waals surface area contributed by atoms with Gasteiger partial charge in [0.05, 0.1) is 10.6 Å². The highest BCUT2D eigenvalue weighted by Gasteiger charge is 2.62. The van der Waals surface area contributed by atoms with E-state index in [0.29, 0.717) is 6.07 Å². The van der Waals surface area contributed by atoms with E-state index in [4.69, 9.17) is 16.3 Å². The molecule has 2 heterocycles. The first-order chi connectivity index (χ1) is 15.7. The van der Waals surface area contributed by atoms with Crippen molar-refractivity contribution in [2.45, 2.75) is 23.3 Å². The largest absolute Gasteiger partial charge is 0.459 e. The first kappa shape index (κ1) is 25.7. The van der Waals surface area contributed by atoms with Crippen LogP contribution < -0.4 is 10.3 Å². The van der Waals surface area contributed by atoms with Crippen LogP contribution in [-0.2, 0) is 12.1 Å². The fraction of sp³-hybridized carbons (Fsp3) is 0.222. The third kappa shape index (κ3) is 4.94. The predicted molar refractivity (Wildman–Crippen MR) is 104 cm³/mol. The van der Waals surface area contributed by atoms with Crippen molar-refractivity contribution in [2.75, 3.05) is 6.26 Å². The quantitative estimate of drug-likeness (QED) is 0.317. The Morgan fingerprint density at radius 3 is 2.26 bits per heavy atom. The molecule has 0 saturated carbocycles. The number of ether oxygens (including phenoxy) is 1. The fourth-order valence-electron chi connectivity index (χ4n) is 2.56. The van der Waals surface area contributed by atoms with Gasteiger partial charge in [0.1, 0.15) is 16.5 Å². The molecule has 0 saturated heterocycles. The van der Waals surface area contributed by atoms with Crippen LogP contribution in [0.25, 0.3) is 11.5 Å². The number of H-pyrrole nitrogens is 1. The Hall–Kier alpha value is -2.94. The minimum Gasteiger partial charge on any atom is -0.449 e. The van der Waals surface area contributed by atoms with Gasteiger partial charge in [0.2, 0.25) is 5.75 Å². The molecular weight excluding hydrogens is 524 g/mol. The zero-order valence-electron chi connectivity index (χ0n) is 16.4. The number of rotatable bonds is 5. The molecule has 0 spiro atoms. The highest BCUT2D eigenvalue weighted by atomic mass is 35.5. The Labute approximate surface area is 193 Å². The van der Waals surface area contributed by atoms with Gasteiger partial charge in [-0.3, -0.25) is 4.79 Å². The molecule has 0 radical (unpaired) electrons. The van der Waals surface area contributed by atoms with Gasteiger partial charge in [-0.05, 0) is 24.5 Å². The summed E-state index contributed by atoms with van der Waals surface area (Å²) < 4.78 is 112. The number of hydrogen-bond acceptors (Lipinski definition) is 6. The summed E-state index contributed by atoms with van der Waals surface area (Å²) in [6, 6.07) is 1.65. The topological polar surface area (TPSA) is 80.8 Å². The third-order valence-electron chi connectivity index (χ3n) is 4.08. The fourth-order valence-corrected chi connectivity index (χ4v) is 3.29. The minimum atomic E-state index is -6.23. The number of aromatic amines is 1. The van der Waals surface area contributed by atoms with Gasteiger partial charge in [-0.1, -0.05) is 11.6 Å². The molecule has 0 unspecified atom stereocenters. The smallest absolute Gasteiger partial charge is 0.449 e. The first-order valence-corrected chi connectivity index (χ1v) is 10.3. The summed E-state index contributed by atoms with van der Waals surface area (Å²) in [5.74, 6) is -9.08. The van der Waals surface area contributed by atoms with E-state index in [1.165, 1.54) is 12.5 Å². The van der Waals surface area contributed by atoms with Crippen molar-refractivity contribution in [1.29, 1.82) is 0 Å². The third-order valence-corrected chi connectivity index (χ3v) is 5.09. The van der Waals surface area contributed by atoms with Gasteiger partial charge in [-0.25, -0.2) is 15.0 Å². The van der Waals surface area contributed by atoms with E-state index in [-0.39, 0.29) is 16.8 Å². The molecule has 1 N–H and O–H groups in total. The summed E-state index contributed by atoms with van der Waals surface area (Å²) in [5, 5.41) is -0.761. The van der Waals surface area contributed by atoms with Crippen molar-refractivity contribution in [1.82, 2.24) is 19.9 Å². The van der Waals surface area contributed by atoms with Gasteiger partial charge in [-0.2, -0.15) is 35.1 Å². The average molecular weight is 533 g/mol. The van der Waals surface area contributed by atoms with Crippen LogP contribution >= 0.6 is 23.4 Å². The molecule has 16 heteroatoms. The summed E-state index contributed by atoms with van der Waals surface area (Å²) in [5.41, 5.74) is -5.60. The van der Waals surface area contributed by atoms with E-state index in [9.17, 15) is 39.9 Å². The maximum atomic E-state index is 14.4. The van der Waals surface area contributed by atoms with Crippen LogP contribution in [0.3, 0.4) is 0 Å². The molecule has 0 fully saturated rings. The Kier molecular flexibility index (Phi) is 6.81. The summed E-state index contributed by atoms with van der Waals surface area (Å²) >= 11 is 6.39. The van der Waals surface area contributed by atoms with Crippen LogP contribution in [0.5, 0.6) is 11.5 Å². The van der Waals surface area contributed by atoms with Gasteiger partial charge in [0.15, 0.2) is 11.5 Å². The molecule has 34 heavy (non-hydrogen) atoms. The molecule has 6 nitrogen and oxygen atoms in total. The van der Waals surface area contributed by atoms with Gasteiger partial charge in [0.25, 0.3) is 5.56 Å². The number of thioether (sulfide) groups is 1. The maximum Gasteiger partial charge on any atom is 0.459 e. The standard InChI is InChI=1S/C18H9ClF8N4O2S/c1-34-15-10(28-4-5-29-15)13-30-12(16(20,21)18(25,26)27)11(14(32)31-13)33-7-2-3-9(19)8(6-7)17(22,23)24/h2-6H,1H3,(H,30,31,32). The number of alkyl halides is 8. The second kappa shape index (κ2) is 9.02. The number of nitrogens with zero attached hydrogens (tertiary/aromatic N) is 3. The van der Waals surface area contributed by atoms with E-state index in [0.717, 1.165) is 24.0 Å². The number of halogens is 9. The van der Waals surface area contributed by atoms with Gasteiger partial charge in [0, 0.05) is 12.4 Å². The van der Waals surface area contributed by atoms with Crippen LogP contribution in [0.1, 0.15) is 11.3 Å². The molecule has 2 aromatic heterocycles. The van der Waals surface area contributed by atoms with Gasteiger partial charge >= 0.3 is 18.3 Å². The van der Waals surface area contributed by atoms with Crippen molar-refractivity contribution in [2.24, 2.45) is 0 Å². The van der Waals surface area contributed by atoms with Crippen molar-refractivity contribution in [3.63, 3.8) is 0 Å². The molecule has 182 valence electrons. The summed E-state index contributed by atoms with van der Waals surface area (Å²) in [6.07, 6.45) is -7.47. The maximum absolute atomic E-state index is 14.4. The highest BCUT2D eigenvalue weighted by Crippen LogP contribution is 2.47. The van der Waals surface area contributed by atoms with Crippen molar-refractivity contribution < 1.29 is 39.9 Å². The highest BCUT2D eigenvalue weighted by molar-refractivity contribution is 7.98. The lowest BCUT2D eigenvalue weighted by molar-refractivity contribution is -0.291. The Morgan fingerprint density at radius 1 is 1.03 bits per heavy atom. The lowest BCUT2D eigenvalue weighted by Gasteiger charge is -2.21. The molecule has 3 aromatic rings. The predicted octanol–water partition coefficient (Wildman–Crippen LogP) is 6.07. The lowest BCUT2D eigenvalue weighted by Crippen LogP contribution is -2.36. The Morgan fingerprint density at radius 2 is 1.68 bits per heavy atom. The normalized spacial score (nSPS) is 12.6. The van der Waals surface area contributed by atoms with Crippen LogP contribution in [-0.4, -0.2) is 32.4 Å². The van der Waals surface area contributed by atoms with E-state index in [1.54, 1.807) is 0 Å². The lowest BCUT2D eigenvalue weighted by atomic mass is 10.2. The summed E-state index contributed by atoms with van der Waals surface area (Å²) in [6.45, 7) is 0. The van der Waals surface area contributed by atoms with Crippen LogP contribution in [0.2, 0.25) is 5.02 Å². The Balaban J connectivity index is 2.25. The van der Waals surface area contributed by atoms with Crippen LogP contribution in [0, 0.1) is 0 Å². The number of nitrogens with one attached hydrogen (secondary N) is 1. The van der Waals surface area contributed by atoms with E-state index in [1.807, 2.05) is 4.98 Å². The van der Waals surface area contributed by atoms with Crippen LogP contribution in [0.4, 0.5) is 35.1 Å². The summed E-state index contributed by atoms with van der Waals surface area (Å²) in [4.78, 5) is 25.3. The molecule has 0 amide bonds. The van der Waals surface area contributed by atoms with E-state index in [2.05, 4.69) is 15.0 Å². The van der Waals surface area contributed by atoms with Gasteiger partial charge in [-0.15, -0.1) is 11.8 Å². The van der Waals surface area contributed by atoms with E-state index < -0.39 is 57.4 Å². The molecule has 0 aliphatic heterocycles. The molecule has 3 rings (SSSR count). The van der Waals surface area contributed by atoms with Crippen molar-refractivity contribution >= 4 is 23.4 Å². The van der Waals surface area contributed by atoms with Crippen molar-refractivity contribution in [3.05, 3.63) is 57.2 Å². The number of aromatic nitrogens is 4. The van der Waals surface area contributed by atoms with Gasteiger partial charge < -0.3 is 9.72 Å². The molecule has 0 atom stereocenters. The zero-order valence-corrected chi connectivity index (χ0v) is 17.9. The molecule has 0 aliphatic rings.